The summed E-state index contributed by atoms with van der Waals surface area (Å²) < 4.78 is 16.8. The van der Waals surface area contributed by atoms with Crippen LogP contribution in [0.3, 0.4) is 0 Å². The summed E-state index contributed by atoms with van der Waals surface area (Å²) in [4.78, 5) is 38.1. The Kier molecular flexibility index (Phi) is 53.3. The Bertz CT molecular complexity index is 1210. The SMILES string of the molecule is CCCCCC/C=C\CCCCCCCCCC(=O)OCC(COC(=O)CCCCCCC/C=C\C=C/CCCCCCCCC)OC(=O)CCCCC/C=C\C=C/CCCCCCCCC. The first-order valence-corrected chi connectivity index (χ1v) is 28.8. The molecule has 0 radical (unpaired) electrons. The summed E-state index contributed by atoms with van der Waals surface area (Å²) >= 11 is 0. The molecule has 6 heteroatoms. The number of ether oxygens (including phenoxy) is 3. The van der Waals surface area contributed by atoms with Crippen LogP contribution in [0.15, 0.2) is 60.8 Å². The monoisotopic (exact) mass is 937 g/mol. The Morgan fingerprint density at radius 3 is 0.866 bits per heavy atom. The maximum Gasteiger partial charge on any atom is 0.306 e. The fourth-order valence-electron chi connectivity index (χ4n) is 8.13. The van der Waals surface area contributed by atoms with Gasteiger partial charge in [-0.05, 0) is 96.3 Å². The average Bonchev–Trinajstić information content (AvgIpc) is 3.33. The quantitative estimate of drug-likeness (QED) is 0.0199. The van der Waals surface area contributed by atoms with E-state index in [4.69, 9.17) is 14.2 Å². The summed E-state index contributed by atoms with van der Waals surface area (Å²) in [6.07, 6.45) is 69.2. The molecule has 0 aromatic carbocycles. The van der Waals surface area contributed by atoms with Gasteiger partial charge >= 0.3 is 17.9 Å². The lowest BCUT2D eigenvalue weighted by Gasteiger charge is -2.18. The molecule has 0 fully saturated rings. The van der Waals surface area contributed by atoms with E-state index in [9.17, 15) is 14.4 Å². The Balaban J connectivity index is 4.44. The van der Waals surface area contributed by atoms with Crippen molar-refractivity contribution < 1.29 is 28.6 Å². The van der Waals surface area contributed by atoms with Crippen LogP contribution in [0.25, 0.3) is 0 Å². The fraction of sp³-hybridized carbons (Fsp3) is 0.787. The van der Waals surface area contributed by atoms with Crippen LogP contribution in [0.4, 0.5) is 0 Å². The predicted molar refractivity (Wildman–Crippen MR) is 288 cm³/mol. The molecule has 0 saturated heterocycles. The van der Waals surface area contributed by atoms with E-state index in [-0.39, 0.29) is 31.1 Å². The standard InChI is InChI=1S/C61H108O6/c1-4-7-10-13-16-19-22-25-28-30-31-34-36-39-42-45-48-51-54-60(63)66-57-58(56-65-59(62)53-50-47-44-41-38-35-32-27-24-21-18-15-12-9-6-3)67-61(64)55-52-49-46-43-40-37-33-29-26-23-20-17-14-11-8-5-2/h21,24,28-31,33-34,37,40,58H,4-20,22-23,25-27,32,35-36,38-39,41-57H2,1-3H3/b24-21-,30-28-,33-29-,34-31-,40-37-. The molecule has 1 atom stereocenters. The maximum absolute atomic E-state index is 12.8. The van der Waals surface area contributed by atoms with Gasteiger partial charge in [0.2, 0.25) is 0 Å². The molecule has 6 nitrogen and oxygen atoms in total. The highest BCUT2D eigenvalue weighted by atomic mass is 16.6. The number of rotatable bonds is 52. The van der Waals surface area contributed by atoms with Crippen molar-refractivity contribution in [3.05, 3.63) is 60.8 Å². The van der Waals surface area contributed by atoms with E-state index >= 15 is 0 Å². The van der Waals surface area contributed by atoms with E-state index in [2.05, 4.69) is 81.5 Å². The first-order valence-electron chi connectivity index (χ1n) is 28.8. The summed E-state index contributed by atoms with van der Waals surface area (Å²) in [5.41, 5.74) is 0. The number of carbonyl (C=O) groups is 3. The highest BCUT2D eigenvalue weighted by Crippen LogP contribution is 2.15. The molecule has 0 aromatic rings. The lowest BCUT2D eigenvalue weighted by atomic mass is 10.1. The molecule has 0 aliphatic heterocycles. The number of allylic oxidation sites excluding steroid dienone is 10. The molecule has 0 aliphatic carbocycles. The topological polar surface area (TPSA) is 78.9 Å². The molecule has 388 valence electrons. The molecule has 0 bridgehead atoms. The van der Waals surface area contributed by atoms with Gasteiger partial charge in [-0.1, -0.05) is 236 Å². The van der Waals surface area contributed by atoms with Crippen LogP contribution in [0, 0.1) is 0 Å². The molecule has 0 aromatic heterocycles. The van der Waals surface area contributed by atoms with Crippen molar-refractivity contribution >= 4 is 17.9 Å². The van der Waals surface area contributed by atoms with Gasteiger partial charge in [0.05, 0.1) is 0 Å². The van der Waals surface area contributed by atoms with Crippen molar-refractivity contribution in [2.24, 2.45) is 0 Å². The summed E-state index contributed by atoms with van der Waals surface area (Å²) in [5.74, 6) is -0.928. The van der Waals surface area contributed by atoms with Crippen LogP contribution >= 0.6 is 0 Å². The van der Waals surface area contributed by atoms with Crippen LogP contribution in [0.2, 0.25) is 0 Å². The molecule has 0 amide bonds. The Morgan fingerprint density at radius 2 is 0.537 bits per heavy atom. The third-order valence-corrected chi connectivity index (χ3v) is 12.5. The van der Waals surface area contributed by atoms with Crippen molar-refractivity contribution in [2.45, 2.75) is 297 Å². The number of unbranched alkanes of at least 4 members (excludes halogenated alkanes) is 33. The van der Waals surface area contributed by atoms with Gasteiger partial charge in [0.1, 0.15) is 13.2 Å². The summed E-state index contributed by atoms with van der Waals surface area (Å²) in [5, 5.41) is 0. The first-order chi connectivity index (χ1) is 33.0. The molecule has 0 spiro atoms. The highest BCUT2D eigenvalue weighted by molar-refractivity contribution is 5.71. The summed E-state index contributed by atoms with van der Waals surface area (Å²) in [6.45, 7) is 6.60. The zero-order valence-electron chi connectivity index (χ0n) is 44.4. The van der Waals surface area contributed by atoms with Gasteiger partial charge in [0.15, 0.2) is 6.10 Å². The minimum Gasteiger partial charge on any atom is -0.462 e. The molecule has 0 aliphatic rings. The van der Waals surface area contributed by atoms with Gasteiger partial charge in [0.25, 0.3) is 0 Å². The predicted octanol–water partition coefficient (Wildman–Crippen LogP) is 19.2. The number of hydrogen-bond acceptors (Lipinski definition) is 6. The van der Waals surface area contributed by atoms with Gasteiger partial charge in [-0.3, -0.25) is 14.4 Å². The van der Waals surface area contributed by atoms with Gasteiger partial charge in [0, 0.05) is 19.3 Å². The smallest absolute Gasteiger partial charge is 0.306 e. The lowest BCUT2D eigenvalue weighted by molar-refractivity contribution is -0.167. The second kappa shape index (κ2) is 55.7. The summed E-state index contributed by atoms with van der Waals surface area (Å²) in [6, 6.07) is 0. The Labute approximate surface area is 415 Å². The molecule has 67 heavy (non-hydrogen) atoms. The highest BCUT2D eigenvalue weighted by Gasteiger charge is 2.19. The van der Waals surface area contributed by atoms with E-state index in [0.29, 0.717) is 19.3 Å². The number of esters is 3. The second-order valence-electron chi connectivity index (χ2n) is 19.3. The summed E-state index contributed by atoms with van der Waals surface area (Å²) in [7, 11) is 0. The normalized spacial score (nSPS) is 12.5. The second-order valence-corrected chi connectivity index (χ2v) is 19.3. The van der Waals surface area contributed by atoms with Gasteiger partial charge in [-0.2, -0.15) is 0 Å². The number of carbonyl (C=O) groups excluding carboxylic acids is 3. The maximum atomic E-state index is 12.8. The van der Waals surface area contributed by atoms with E-state index in [1.165, 1.54) is 161 Å². The zero-order valence-corrected chi connectivity index (χ0v) is 44.4. The molecule has 1 unspecified atom stereocenters. The minimum absolute atomic E-state index is 0.0915. The van der Waals surface area contributed by atoms with Crippen LogP contribution < -0.4 is 0 Å². The van der Waals surface area contributed by atoms with E-state index in [1.807, 2.05) is 0 Å². The van der Waals surface area contributed by atoms with Crippen LogP contribution in [0.5, 0.6) is 0 Å². The van der Waals surface area contributed by atoms with Crippen molar-refractivity contribution in [3.63, 3.8) is 0 Å². The Morgan fingerprint density at radius 1 is 0.299 bits per heavy atom. The van der Waals surface area contributed by atoms with Crippen molar-refractivity contribution in [2.75, 3.05) is 13.2 Å². The van der Waals surface area contributed by atoms with Crippen LogP contribution in [-0.4, -0.2) is 37.2 Å². The van der Waals surface area contributed by atoms with Gasteiger partial charge in [-0.25, -0.2) is 0 Å². The average molecular weight is 938 g/mol. The van der Waals surface area contributed by atoms with E-state index < -0.39 is 6.10 Å². The van der Waals surface area contributed by atoms with Crippen molar-refractivity contribution in [1.29, 1.82) is 0 Å². The van der Waals surface area contributed by atoms with E-state index in [1.54, 1.807) is 0 Å². The fourth-order valence-corrected chi connectivity index (χ4v) is 8.13. The molecule has 0 rings (SSSR count). The van der Waals surface area contributed by atoms with Crippen LogP contribution in [0.1, 0.15) is 290 Å². The Hall–Kier alpha value is -2.89. The molecule has 0 heterocycles. The molecule has 0 saturated carbocycles. The first kappa shape index (κ1) is 64.1. The zero-order chi connectivity index (χ0) is 48.6. The third-order valence-electron chi connectivity index (χ3n) is 12.5. The third kappa shape index (κ3) is 53.9. The van der Waals surface area contributed by atoms with Crippen LogP contribution in [-0.2, 0) is 28.6 Å². The minimum atomic E-state index is -0.796. The van der Waals surface area contributed by atoms with Gasteiger partial charge in [-0.15, -0.1) is 0 Å². The van der Waals surface area contributed by atoms with Gasteiger partial charge < -0.3 is 14.2 Å². The number of hydrogen-bond donors (Lipinski definition) is 0. The lowest BCUT2D eigenvalue weighted by Crippen LogP contribution is -2.30. The molecule has 0 N–H and O–H groups in total. The molecular formula is C61H108O6. The van der Waals surface area contributed by atoms with Crippen molar-refractivity contribution in [1.82, 2.24) is 0 Å². The van der Waals surface area contributed by atoms with E-state index in [0.717, 1.165) is 89.9 Å². The van der Waals surface area contributed by atoms with Crippen molar-refractivity contribution in [3.8, 4) is 0 Å². The largest absolute Gasteiger partial charge is 0.462 e. The molecular weight excluding hydrogens is 829 g/mol.